The summed E-state index contributed by atoms with van der Waals surface area (Å²) in [6.45, 7) is 0.329. The van der Waals surface area contributed by atoms with Crippen molar-refractivity contribution in [3.63, 3.8) is 0 Å². The summed E-state index contributed by atoms with van der Waals surface area (Å²) in [7, 11) is -3.72. The highest BCUT2D eigenvalue weighted by molar-refractivity contribution is 9.11. The number of ether oxygens (including phenoxy) is 1. The first-order chi connectivity index (χ1) is 10.8. The van der Waals surface area contributed by atoms with E-state index in [4.69, 9.17) is 4.74 Å². The van der Waals surface area contributed by atoms with Crippen molar-refractivity contribution in [1.29, 1.82) is 0 Å². The van der Waals surface area contributed by atoms with Crippen molar-refractivity contribution in [2.24, 2.45) is 0 Å². The Morgan fingerprint density at radius 3 is 2.48 bits per heavy atom. The van der Waals surface area contributed by atoms with Gasteiger partial charge in [0.25, 0.3) is 0 Å². The Labute approximate surface area is 150 Å². The topological polar surface area (TPSA) is 72.5 Å². The molecule has 1 aliphatic heterocycles. The number of benzene rings is 2. The smallest absolute Gasteiger partial charge is 0.338 e. The van der Waals surface area contributed by atoms with Gasteiger partial charge in [-0.15, -0.1) is 0 Å². The fraction of sp³-hybridized carbons (Fsp3) is 0.133. The maximum Gasteiger partial charge on any atom is 0.338 e. The van der Waals surface area contributed by atoms with E-state index in [1.807, 2.05) is 18.2 Å². The molecule has 120 valence electrons. The molecule has 3 rings (SSSR count). The third kappa shape index (κ3) is 3.65. The molecule has 0 bridgehead atoms. The second kappa shape index (κ2) is 6.35. The minimum atomic E-state index is -3.72. The van der Waals surface area contributed by atoms with Gasteiger partial charge in [0.2, 0.25) is 10.0 Å². The Bertz CT molecular complexity index is 876. The molecule has 0 amide bonds. The summed E-state index contributed by atoms with van der Waals surface area (Å²) in [5.41, 5.74) is 1.80. The minimum absolute atomic E-state index is 0.0455. The number of esters is 1. The van der Waals surface area contributed by atoms with Gasteiger partial charge in [-0.1, -0.05) is 37.9 Å². The number of hydrogen-bond donors (Lipinski definition) is 1. The highest BCUT2D eigenvalue weighted by Gasteiger charge is 2.24. The summed E-state index contributed by atoms with van der Waals surface area (Å²) >= 11 is 6.72. The monoisotopic (exact) mass is 459 g/mol. The Morgan fingerprint density at radius 2 is 1.78 bits per heavy atom. The molecule has 0 unspecified atom stereocenters. The van der Waals surface area contributed by atoms with E-state index in [-0.39, 0.29) is 18.0 Å². The number of rotatable bonds is 4. The average molecular weight is 461 g/mol. The second-order valence-electron chi connectivity index (χ2n) is 5.00. The Kier molecular flexibility index (Phi) is 4.59. The molecule has 0 fully saturated rings. The predicted molar refractivity (Wildman–Crippen MR) is 91.4 cm³/mol. The van der Waals surface area contributed by atoms with Gasteiger partial charge in [0.1, 0.15) is 6.61 Å². The van der Waals surface area contributed by atoms with E-state index >= 15 is 0 Å². The Balaban J connectivity index is 1.82. The normalized spacial score (nSPS) is 13.7. The quantitative estimate of drug-likeness (QED) is 0.710. The zero-order chi connectivity index (χ0) is 16.6. The minimum Gasteiger partial charge on any atom is -0.457 e. The molecule has 1 aliphatic rings. The number of carbonyl (C=O) groups excluding carboxylic acids is 1. The van der Waals surface area contributed by atoms with E-state index in [2.05, 4.69) is 36.6 Å². The van der Waals surface area contributed by atoms with Crippen molar-refractivity contribution >= 4 is 47.9 Å². The Hall–Kier alpha value is -1.22. The number of halogens is 2. The van der Waals surface area contributed by atoms with Crippen LogP contribution in [0.25, 0.3) is 0 Å². The third-order valence-electron chi connectivity index (χ3n) is 3.36. The maximum absolute atomic E-state index is 12.4. The van der Waals surface area contributed by atoms with Crippen molar-refractivity contribution in [3.8, 4) is 0 Å². The van der Waals surface area contributed by atoms with Gasteiger partial charge >= 0.3 is 5.97 Å². The summed E-state index contributed by atoms with van der Waals surface area (Å²) in [5, 5.41) is 0. The van der Waals surface area contributed by atoms with E-state index in [0.717, 1.165) is 14.5 Å². The fourth-order valence-electron chi connectivity index (χ4n) is 2.23. The number of carbonyl (C=O) groups is 1. The fourth-order valence-corrected chi connectivity index (χ4v) is 4.67. The molecule has 0 radical (unpaired) electrons. The van der Waals surface area contributed by atoms with Crippen LogP contribution in [0.15, 0.2) is 50.2 Å². The molecule has 2 aromatic carbocycles. The molecule has 5 nitrogen and oxygen atoms in total. The summed E-state index contributed by atoms with van der Waals surface area (Å²) in [6.07, 6.45) is 0. The van der Waals surface area contributed by atoms with Gasteiger partial charge in [0.05, 0.1) is 10.5 Å². The van der Waals surface area contributed by atoms with Crippen LogP contribution in [0.3, 0.4) is 0 Å². The molecule has 2 aromatic rings. The van der Waals surface area contributed by atoms with E-state index < -0.39 is 16.0 Å². The third-order valence-corrected chi connectivity index (χ3v) is 5.67. The number of hydrogen-bond acceptors (Lipinski definition) is 4. The molecule has 0 aliphatic carbocycles. The van der Waals surface area contributed by atoms with Gasteiger partial charge in [-0.2, -0.15) is 0 Å². The van der Waals surface area contributed by atoms with Gasteiger partial charge < -0.3 is 4.74 Å². The summed E-state index contributed by atoms with van der Waals surface area (Å²) < 4.78 is 33.9. The van der Waals surface area contributed by atoms with E-state index in [0.29, 0.717) is 11.1 Å². The lowest BCUT2D eigenvalue weighted by molar-refractivity contribution is 0.0535. The lowest BCUT2D eigenvalue weighted by Gasteiger charge is -2.08. The highest BCUT2D eigenvalue weighted by atomic mass is 79.9. The van der Waals surface area contributed by atoms with Crippen LogP contribution in [0.4, 0.5) is 0 Å². The SMILES string of the molecule is O=C1OCc2ccc(S(=O)(=O)NCc3cc(Br)cc(Br)c3)cc21. The number of nitrogens with one attached hydrogen (secondary N) is 1. The maximum atomic E-state index is 12.4. The van der Waals surface area contributed by atoms with Crippen LogP contribution < -0.4 is 4.72 Å². The predicted octanol–water partition coefficient (Wildman–Crippen LogP) is 3.36. The van der Waals surface area contributed by atoms with Crippen LogP contribution >= 0.6 is 31.9 Å². The standard InChI is InChI=1S/C15H11Br2NO4S/c16-11-3-9(4-12(17)5-11)7-18-23(20,21)13-2-1-10-8-22-15(19)14(10)6-13/h1-6,18H,7-8H2. The van der Waals surface area contributed by atoms with Crippen molar-refractivity contribution in [3.05, 3.63) is 62.0 Å². The molecular formula is C15H11Br2NO4S. The van der Waals surface area contributed by atoms with Crippen LogP contribution in [-0.4, -0.2) is 14.4 Å². The van der Waals surface area contributed by atoms with Gasteiger partial charge in [0.15, 0.2) is 0 Å². The highest BCUT2D eigenvalue weighted by Crippen LogP contribution is 2.24. The van der Waals surface area contributed by atoms with E-state index in [9.17, 15) is 13.2 Å². The number of fused-ring (bicyclic) bond motifs is 1. The van der Waals surface area contributed by atoms with Crippen LogP contribution in [-0.2, 0) is 27.9 Å². The van der Waals surface area contributed by atoms with Crippen molar-refractivity contribution in [2.45, 2.75) is 18.0 Å². The van der Waals surface area contributed by atoms with E-state index in [1.54, 1.807) is 6.07 Å². The van der Waals surface area contributed by atoms with Gasteiger partial charge in [0, 0.05) is 21.1 Å². The van der Waals surface area contributed by atoms with Crippen LogP contribution in [0.5, 0.6) is 0 Å². The first kappa shape index (κ1) is 16.6. The molecule has 23 heavy (non-hydrogen) atoms. The molecule has 1 N–H and O–H groups in total. The lowest BCUT2D eigenvalue weighted by atomic mass is 10.1. The number of sulfonamides is 1. The van der Waals surface area contributed by atoms with Gasteiger partial charge in [-0.3, -0.25) is 0 Å². The van der Waals surface area contributed by atoms with Crippen LogP contribution in [0.2, 0.25) is 0 Å². The molecule has 1 heterocycles. The largest absolute Gasteiger partial charge is 0.457 e. The van der Waals surface area contributed by atoms with Gasteiger partial charge in [-0.25, -0.2) is 17.9 Å². The van der Waals surface area contributed by atoms with Crippen molar-refractivity contribution < 1.29 is 17.9 Å². The molecule has 0 atom stereocenters. The zero-order valence-corrected chi connectivity index (χ0v) is 15.7. The molecule has 0 aromatic heterocycles. The van der Waals surface area contributed by atoms with Crippen molar-refractivity contribution in [2.75, 3.05) is 0 Å². The van der Waals surface area contributed by atoms with Crippen LogP contribution in [0.1, 0.15) is 21.5 Å². The second-order valence-corrected chi connectivity index (χ2v) is 8.60. The number of cyclic esters (lactones) is 1. The molecule has 0 spiro atoms. The lowest BCUT2D eigenvalue weighted by Crippen LogP contribution is -2.23. The molecular weight excluding hydrogens is 450 g/mol. The zero-order valence-electron chi connectivity index (χ0n) is 11.7. The Morgan fingerprint density at radius 1 is 1.09 bits per heavy atom. The average Bonchev–Trinajstić information content (AvgIpc) is 2.85. The molecule has 0 saturated heterocycles. The first-order valence-electron chi connectivity index (χ1n) is 6.60. The van der Waals surface area contributed by atoms with Crippen LogP contribution in [0, 0.1) is 0 Å². The molecule has 0 saturated carbocycles. The van der Waals surface area contributed by atoms with E-state index in [1.165, 1.54) is 12.1 Å². The summed E-state index contributed by atoms with van der Waals surface area (Å²) in [5.74, 6) is -0.493. The summed E-state index contributed by atoms with van der Waals surface area (Å²) in [6, 6.07) is 9.94. The molecule has 8 heteroatoms. The summed E-state index contributed by atoms with van der Waals surface area (Å²) in [4.78, 5) is 11.6. The first-order valence-corrected chi connectivity index (χ1v) is 9.67. The van der Waals surface area contributed by atoms with Crippen molar-refractivity contribution in [1.82, 2.24) is 4.72 Å². The van der Waals surface area contributed by atoms with Gasteiger partial charge in [-0.05, 0) is 35.9 Å².